The molecule has 0 aliphatic rings. The molecule has 1 aromatic rings. The molecule has 0 saturated carbocycles. The van der Waals surface area contributed by atoms with E-state index in [1.165, 1.54) is 12.1 Å². The number of hydroxylamine groups is 2. The fraction of sp³-hybridized carbons (Fsp3) is 0.533. The number of nitro groups is 1. The van der Waals surface area contributed by atoms with Crippen LogP contribution >= 0.6 is 0 Å². The average molecular weight is 341 g/mol. The summed E-state index contributed by atoms with van der Waals surface area (Å²) in [5.41, 5.74) is -0.839. The van der Waals surface area contributed by atoms with E-state index >= 15 is 0 Å². The van der Waals surface area contributed by atoms with Gasteiger partial charge in [0.05, 0.1) is 17.1 Å². The number of amides is 1. The Morgan fingerprint density at radius 1 is 1.42 bits per heavy atom. The predicted molar refractivity (Wildman–Crippen MR) is 85.9 cm³/mol. The smallest absolute Gasteiger partial charge is 0.310 e. The van der Waals surface area contributed by atoms with Crippen molar-refractivity contribution in [2.45, 2.75) is 25.8 Å². The lowest BCUT2D eigenvalue weighted by atomic mass is 10.1. The first-order chi connectivity index (χ1) is 11.3. The monoisotopic (exact) mass is 341 g/mol. The van der Waals surface area contributed by atoms with Crippen LogP contribution in [0.5, 0.6) is 5.75 Å². The van der Waals surface area contributed by atoms with Crippen LogP contribution < -0.4 is 10.1 Å². The first-order valence-electron chi connectivity index (χ1n) is 7.48. The molecule has 3 N–H and O–H groups in total. The van der Waals surface area contributed by atoms with Crippen LogP contribution in [0.2, 0.25) is 0 Å². The molecular weight excluding hydrogens is 318 g/mol. The molecular formula is C15H23N3O6. The second-order valence-electron chi connectivity index (χ2n) is 5.80. The third-order valence-electron chi connectivity index (χ3n) is 3.39. The van der Waals surface area contributed by atoms with Crippen molar-refractivity contribution in [3.05, 3.63) is 34.4 Å². The highest BCUT2D eigenvalue weighted by Gasteiger charge is 2.25. The fourth-order valence-electron chi connectivity index (χ4n) is 1.89. The van der Waals surface area contributed by atoms with Crippen molar-refractivity contribution in [1.82, 2.24) is 10.4 Å². The lowest BCUT2D eigenvalue weighted by Crippen LogP contribution is -2.51. The van der Waals surface area contributed by atoms with E-state index in [1.807, 2.05) is 0 Å². The maximum absolute atomic E-state index is 11.0. The van der Waals surface area contributed by atoms with Gasteiger partial charge in [-0.1, -0.05) is 12.1 Å². The van der Waals surface area contributed by atoms with Gasteiger partial charge < -0.3 is 20.4 Å². The van der Waals surface area contributed by atoms with Gasteiger partial charge in [-0.25, -0.2) is 0 Å². The molecule has 0 unspecified atom stereocenters. The molecule has 9 heteroatoms. The second kappa shape index (κ2) is 9.16. The number of rotatable bonds is 10. The fourth-order valence-corrected chi connectivity index (χ4v) is 1.89. The van der Waals surface area contributed by atoms with Gasteiger partial charge in [-0.05, 0) is 26.3 Å². The Balaban J connectivity index is 2.41. The largest absolute Gasteiger partial charge is 0.487 e. The number of nitrogens with zero attached hydrogens (tertiary/aromatic N) is 2. The van der Waals surface area contributed by atoms with Gasteiger partial charge >= 0.3 is 5.69 Å². The van der Waals surface area contributed by atoms with Crippen LogP contribution in [0.15, 0.2) is 24.3 Å². The number of carbonyl (C=O) groups excluding carboxylic acids is 1. The third kappa shape index (κ3) is 6.11. The SMILES string of the molecule is CC(C)(CNC(=O)CO)N(O)CCCOc1ccccc1[N+](=O)[O-]. The molecule has 0 spiro atoms. The van der Waals surface area contributed by atoms with Gasteiger partial charge in [0.2, 0.25) is 5.91 Å². The van der Waals surface area contributed by atoms with Crippen molar-refractivity contribution < 1.29 is 24.8 Å². The van der Waals surface area contributed by atoms with Crippen molar-refractivity contribution in [3.8, 4) is 5.75 Å². The van der Waals surface area contributed by atoms with E-state index in [-0.39, 0.29) is 31.1 Å². The Morgan fingerprint density at radius 2 is 2.08 bits per heavy atom. The van der Waals surface area contributed by atoms with Crippen LogP contribution in [0.4, 0.5) is 5.69 Å². The van der Waals surface area contributed by atoms with Gasteiger partial charge in [-0.3, -0.25) is 14.9 Å². The average Bonchev–Trinajstić information content (AvgIpc) is 2.56. The zero-order chi connectivity index (χ0) is 18.2. The van der Waals surface area contributed by atoms with Gasteiger partial charge in [0.1, 0.15) is 6.61 Å². The van der Waals surface area contributed by atoms with Crippen LogP contribution in [0, 0.1) is 10.1 Å². The van der Waals surface area contributed by atoms with E-state index in [2.05, 4.69) is 5.32 Å². The third-order valence-corrected chi connectivity index (χ3v) is 3.39. The van der Waals surface area contributed by atoms with E-state index < -0.39 is 23.0 Å². The number of nitrogens with one attached hydrogen (secondary N) is 1. The van der Waals surface area contributed by atoms with Crippen LogP contribution in [-0.4, -0.2) is 58.0 Å². The number of carbonyl (C=O) groups is 1. The van der Waals surface area contributed by atoms with Crippen LogP contribution in [-0.2, 0) is 4.79 Å². The quantitative estimate of drug-likeness (QED) is 0.328. The summed E-state index contributed by atoms with van der Waals surface area (Å²) in [6, 6.07) is 6.08. The summed E-state index contributed by atoms with van der Waals surface area (Å²) in [6.07, 6.45) is 0.430. The highest BCUT2D eigenvalue weighted by molar-refractivity contribution is 5.76. The molecule has 1 aromatic carbocycles. The minimum absolute atomic E-state index is 0.106. The van der Waals surface area contributed by atoms with Gasteiger partial charge in [0.15, 0.2) is 5.75 Å². The molecule has 0 bridgehead atoms. The molecule has 0 atom stereocenters. The first kappa shape index (κ1) is 19.8. The summed E-state index contributed by atoms with van der Waals surface area (Å²) < 4.78 is 5.39. The second-order valence-corrected chi connectivity index (χ2v) is 5.80. The summed E-state index contributed by atoms with van der Waals surface area (Å²) >= 11 is 0. The number of para-hydroxylation sites is 2. The predicted octanol–water partition coefficient (Wildman–Crippen LogP) is 0.942. The molecule has 0 aliphatic carbocycles. The summed E-state index contributed by atoms with van der Waals surface area (Å²) in [5.74, 6) is -0.336. The zero-order valence-corrected chi connectivity index (χ0v) is 13.8. The van der Waals surface area contributed by atoms with E-state index in [1.54, 1.807) is 26.0 Å². The minimum Gasteiger partial charge on any atom is -0.487 e. The van der Waals surface area contributed by atoms with Gasteiger partial charge in [0, 0.05) is 19.2 Å². The number of hydrogen-bond donors (Lipinski definition) is 3. The molecule has 24 heavy (non-hydrogen) atoms. The number of benzene rings is 1. The van der Waals surface area contributed by atoms with E-state index in [0.29, 0.717) is 6.42 Å². The van der Waals surface area contributed by atoms with E-state index in [9.17, 15) is 20.1 Å². The Morgan fingerprint density at radius 3 is 2.71 bits per heavy atom. The maximum Gasteiger partial charge on any atom is 0.310 e. The molecule has 9 nitrogen and oxygen atoms in total. The molecule has 134 valence electrons. The Labute approximate surface area is 139 Å². The summed E-state index contributed by atoms with van der Waals surface area (Å²) in [7, 11) is 0. The van der Waals surface area contributed by atoms with Gasteiger partial charge in [-0.15, -0.1) is 0 Å². The van der Waals surface area contributed by atoms with Crippen LogP contribution in [0.3, 0.4) is 0 Å². The molecule has 0 aromatic heterocycles. The number of nitro benzene ring substituents is 1. The number of hydrogen-bond acceptors (Lipinski definition) is 7. The molecule has 0 radical (unpaired) electrons. The number of aliphatic hydroxyl groups is 1. The van der Waals surface area contributed by atoms with E-state index in [4.69, 9.17) is 9.84 Å². The topological polar surface area (TPSA) is 125 Å². The summed E-state index contributed by atoms with van der Waals surface area (Å²) in [5, 5.41) is 33.1. The summed E-state index contributed by atoms with van der Waals surface area (Å²) in [4.78, 5) is 21.4. The molecule has 1 rings (SSSR count). The Bertz CT molecular complexity index is 564. The van der Waals surface area contributed by atoms with Crippen molar-refractivity contribution in [1.29, 1.82) is 0 Å². The Kier molecular flexibility index (Phi) is 7.56. The minimum atomic E-state index is -0.733. The van der Waals surface area contributed by atoms with E-state index in [0.717, 1.165) is 5.06 Å². The maximum atomic E-state index is 11.0. The highest BCUT2D eigenvalue weighted by Crippen LogP contribution is 2.25. The van der Waals surface area contributed by atoms with Crippen molar-refractivity contribution >= 4 is 11.6 Å². The number of ether oxygens (including phenoxy) is 1. The lowest BCUT2D eigenvalue weighted by Gasteiger charge is -2.33. The Hall–Kier alpha value is -2.23. The lowest BCUT2D eigenvalue weighted by molar-refractivity contribution is -0.385. The highest BCUT2D eigenvalue weighted by atomic mass is 16.6. The molecule has 0 saturated heterocycles. The van der Waals surface area contributed by atoms with Gasteiger partial charge in [-0.2, -0.15) is 5.06 Å². The van der Waals surface area contributed by atoms with Crippen molar-refractivity contribution in [2.24, 2.45) is 0 Å². The molecule has 0 aliphatic heterocycles. The van der Waals surface area contributed by atoms with Gasteiger partial charge in [0.25, 0.3) is 0 Å². The molecule has 0 fully saturated rings. The van der Waals surface area contributed by atoms with Crippen molar-refractivity contribution in [3.63, 3.8) is 0 Å². The molecule has 1 amide bonds. The molecule has 0 heterocycles. The first-order valence-corrected chi connectivity index (χ1v) is 7.48. The normalized spacial score (nSPS) is 11.4. The number of aliphatic hydroxyl groups excluding tert-OH is 1. The standard InChI is InChI=1S/C15H23N3O6/c1-15(2,11-16-14(20)10-19)17(21)8-5-9-24-13-7-4-3-6-12(13)18(22)23/h3-4,6-7,19,21H,5,8-11H2,1-2H3,(H,16,20). The van der Waals surface area contributed by atoms with Crippen molar-refractivity contribution in [2.75, 3.05) is 26.3 Å². The van der Waals surface area contributed by atoms with Crippen LogP contribution in [0.25, 0.3) is 0 Å². The zero-order valence-electron chi connectivity index (χ0n) is 13.8. The van der Waals surface area contributed by atoms with Crippen LogP contribution in [0.1, 0.15) is 20.3 Å². The summed E-state index contributed by atoms with van der Waals surface area (Å²) in [6.45, 7) is 3.46.